The molecule has 0 aliphatic carbocycles. The number of piperazine rings is 1. The van der Waals surface area contributed by atoms with Crippen molar-refractivity contribution < 1.29 is 9.59 Å². The molecule has 0 saturated carbocycles. The SMILES string of the molecule is O=C1CCCCN2CC(=O)N[C@@H](C1)C2. The Hall–Kier alpha value is -0.900. The molecule has 0 aromatic heterocycles. The second-order valence-corrected chi connectivity index (χ2v) is 4.20. The second-order valence-electron chi connectivity index (χ2n) is 4.20. The lowest BCUT2D eigenvalue weighted by Crippen LogP contribution is -2.54. The Morgan fingerprint density at radius 2 is 2.14 bits per heavy atom. The Bertz CT molecular complexity index is 253. The smallest absolute Gasteiger partial charge is 0.234 e. The first kappa shape index (κ1) is 9.65. The Morgan fingerprint density at radius 1 is 1.29 bits per heavy atom. The molecule has 2 aliphatic heterocycles. The van der Waals surface area contributed by atoms with Crippen LogP contribution in [0.5, 0.6) is 0 Å². The van der Waals surface area contributed by atoms with Gasteiger partial charge in [-0.2, -0.15) is 0 Å². The number of ketones is 1. The van der Waals surface area contributed by atoms with Crippen LogP contribution in [-0.2, 0) is 9.59 Å². The molecule has 1 N–H and O–H groups in total. The molecule has 2 atom stereocenters. The summed E-state index contributed by atoms with van der Waals surface area (Å²) in [6.07, 6.45) is 3.20. The van der Waals surface area contributed by atoms with Crippen LogP contribution < -0.4 is 5.32 Å². The summed E-state index contributed by atoms with van der Waals surface area (Å²) < 4.78 is 0. The highest BCUT2D eigenvalue weighted by molar-refractivity contribution is 5.82. The van der Waals surface area contributed by atoms with Crippen molar-refractivity contribution in [1.82, 2.24) is 10.2 Å². The maximum atomic E-state index is 11.4. The predicted molar refractivity (Wildman–Crippen MR) is 51.8 cm³/mol. The Balaban J connectivity index is 2.04. The number of amides is 1. The summed E-state index contributed by atoms with van der Waals surface area (Å²) in [5, 5.41) is 2.87. The monoisotopic (exact) mass is 196 g/mol. The Kier molecular flexibility index (Phi) is 2.82. The summed E-state index contributed by atoms with van der Waals surface area (Å²) in [7, 11) is 0. The zero-order chi connectivity index (χ0) is 9.97. The molecule has 0 aromatic carbocycles. The van der Waals surface area contributed by atoms with E-state index >= 15 is 0 Å². The minimum Gasteiger partial charge on any atom is -0.351 e. The van der Waals surface area contributed by atoms with Gasteiger partial charge in [-0.05, 0) is 19.4 Å². The number of nitrogens with zero attached hydrogens (tertiary/aromatic N) is 1. The van der Waals surface area contributed by atoms with E-state index in [1.807, 2.05) is 0 Å². The zero-order valence-corrected chi connectivity index (χ0v) is 8.29. The molecule has 0 spiro atoms. The van der Waals surface area contributed by atoms with Gasteiger partial charge in [0.1, 0.15) is 5.78 Å². The molecule has 2 heterocycles. The van der Waals surface area contributed by atoms with Crippen LogP contribution >= 0.6 is 0 Å². The third-order valence-corrected chi connectivity index (χ3v) is 2.86. The van der Waals surface area contributed by atoms with Gasteiger partial charge in [0.25, 0.3) is 0 Å². The first-order valence-electron chi connectivity index (χ1n) is 5.27. The molecule has 2 fully saturated rings. The molecule has 2 aliphatic rings. The molecule has 2 bridgehead atoms. The van der Waals surface area contributed by atoms with Gasteiger partial charge in [0.15, 0.2) is 0 Å². The third-order valence-electron chi connectivity index (χ3n) is 2.86. The molecule has 0 radical (unpaired) electrons. The molecule has 2 rings (SSSR count). The third kappa shape index (κ3) is 2.32. The largest absolute Gasteiger partial charge is 0.351 e. The highest BCUT2D eigenvalue weighted by Gasteiger charge is 2.26. The van der Waals surface area contributed by atoms with E-state index in [2.05, 4.69) is 10.2 Å². The van der Waals surface area contributed by atoms with Gasteiger partial charge in [0.05, 0.1) is 6.54 Å². The zero-order valence-electron chi connectivity index (χ0n) is 8.29. The average Bonchev–Trinajstić information content (AvgIpc) is 2.15. The van der Waals surface area contributed by atoms with Crippen molar-refractivity contribution in [2.75, 3.05) is 19.6 Å². The van der Waals surface area contributed by atoms with Crippen LogP contribution in [0.25, 0.3) is 0 Å². The molecule has 1 unspecified atom stereocenters. The average molecular weight is 196 g/mol. The van der Waals surface area contributed by atoms with Gasteiger partial charge in [-0.1, -0.05) is 0 Å². The summed E-state index contributed by atoms with van der Waals surface area (Å²) in [4.78, 5) is 24.9. The molecule has 0 aromatic rings. The van der Waals surface area contributed by atoms with Crippen LogP contribution in [0.15, 0.2) is 0 Å². The molecule has 78 valence electrons. The summed E-state index contributed by atoms with van der Waals surface area (Å²) in [6, 6.07) is 0.0573. The normalized spacial score (nSPS) is 34.0. The first-order chi connectivity index (χ1) is 6.74. The fourth-order valence-electron chi connectivity index (χ4n) is 2.22. The second kappa shape index (κ2) is 4.09. The summed E-state index contributed by atoms with van der Waals surface area (Å²) in [5.41, 5.74) is 0. The molecular weight excluding hydrogens is 180 g/mol. The van der Waals surface area contributed by atoms with E-state index in [0.717, 1.165) is 25.9 Å². The van der Waals surface area contributed by atoms with Crippen LogP contribution in [-0.4, -0.2) is 42.3 Å². The summed E-state index contributed by atoms with van der Waals surface area (Å²) in [5.74, 6) is 0.356. The number of rotatable bonds is 0. The first-order valence-corrected chi connectivity index (χ1v) is 5.27. The molecule has 1 amide bonds. The molecule has 4 nitrogen and oxygen atoms in total. The highest BCUT2D eigenvalue weighted by Crippen LogP contribution is 2.11. The van der Waals surface area contributed by atoms with Crippen molar-refractivity contribution in [3.05, 3.63) is 0 Å². The van der Waals surface area contributed by atoms with E-state index < -0.39 is 0 Å². The van der Waals surface area contributed by atoms with E-state index in [-0.39, 0.29) is 11.9 Å². The van der Waals surface area contributed by atoms with Gasteiger partial charge >= 0.3 is 0 Å². The topological polar surface area (TPSA) is 49.4 Å². The van der Waals surface area contributed by atoms with Crippen molar-refractivity contribution in [3.63, 3.8) is 0 Å². The van der Waals surface area contributed by atoms with Gasteiger partial charge in [-0.25, -0.2) is 0 Å². The summed E-state index contributed by atoms with van der Waals surface area (Å²) in [6.45, 7) is 2.30. The van der Waals surface area contributed by atoms with E-state index in [4.69, 9.17) is 0 Å². The van der Waals surface area contributed by atoms with Gasteiger partial charge < -0.3 is 5.32 Å². The van der Waals surface area contributed by atoms with Crippen LogP contribution in [0.4, 0.5) is 0 Å². The van der Waals surface area contributed by atoms with Gasteiger partial charge in [-0.3, -0.25) is 14.5 Å². The number of hydrogen-bond donors (Lipinski definition) is 1. The van der Waals surface area contributed by atoms with Crippen LogP contribution in [0.2, 0.25) is 0 Å². The lowest BCUT2D eigenvalue weighted by atomic mass is 10.1. The van der Waals surface area contributed by atoms with Gasteiger partial charge in [0, 0.05) is 25.4 Å². The van der Waals surface area contributed by atoms with E-state index in [1.54, 1.807) is 0 Å². The van der Waals surface area contributed by atoms with Gasteiger partial charge in [-0.15, -0.1) is 0 Å². The lowest BCUT2D eigenvalue weighted by molar-refractivity contribution is -0.126. The van der Waals surface area contributed by atoms with Crippen molar-refractivity contribution >= 4 is 11.7 Å². The van der Waals surface area contributed by atoms with Crippen molar-refractivity contribution in [2.24, 2.45) is 0 Å². The standard InChI is InChI=1S/C10H16N2O2/c13-9-3-1-2-4-12-6-8(5-9)11-10(14)7-12/h8H,1-7H2,(H,11,14)/t8-/m0/s1. The number of Topliss-reactive ketones (excluding diaryl/α,β-unsaturated/α-hetero) is 1. The van der Waals surface area contributed by atoms with E-state index in [9.17, 15) is 9.59 Å². The van der Waals surface area contributed by atoms with Crippen molar-refractivity contribution in [1.29, 1.82) is 0 Å². The molecular formula is C10H16N2O2. The van der Waals surface area contributed by atoms with E-state index in [1.165, 1.54) is 0 Å². The number of nitrogens with one attached hydrogen (secondary N) is 1. The maximum Gasteiger partial charge on any atom is 0.234 e. The fraction of sp³-hybridized carbons (Fsp3) is 0.800. The molecule has 4 heteroatoms. The number of carbonyl (C=O) groups excluding carboxylic acids is 2. The number of hydrogen-bond acceptors (Lipinski definition) is 3. The van der Waals surface area contributed by atoms with Crippen molar-refractivity contribution in [2.45, 2.75) is 31.7 Å². The Morgan fingerprint density at radius 3 is 3.00 bits per heavy atom. The predicted octanol–water partition coefficient (Wildman–Crippen LogP) is -0.0701. The van der Waals surface area contributed by atoms with Crippen LogP contribution in [0.1, 0.15) is 25.7 Å². The number of carbonyl (C=O) groups is 2. The minimum atomic E-state index is 0.0573. The highest BCUT2D eigenvalue weighted by atomic mass is 16.2. The molecule has 2 saturated heterocycles. The molecule has 14 heavy (non-hydrogen) atoms. The van der Waals surface area contributed by atoms with Crippen molar-refractivity contribution in [3.8, 4) is 0 Å². The van der Waals surface area contributed by atoms with Gasteiger partial charge in [0.2, 0.25) is 5.91 Å². The Labute approximate surface area is 83.6 Å². The quantitative estimate of drug-likeness (QED) is 0.590. The number of fused-ring (bicyclic) bond motifs is 2. The van der Waals surface area contributed by atoms with Crippen LogP contribution in [0, 0.1) is 0 Å². The minimum absolute atomic E-state index is 0.0573. The maximum absolute atomic E-state index is 11.4. The summed E-state index contributed by atoms with van der Waals surface area (Å²) >= 11 is 0. The van der Waals surface area contributed by atoms with Crippen LogP contribution in [0.3, 0.4) is 0 Å². The fourth-order valence-corrected chi connectivity index (χ4v) is 2.22. The lowest BCUT2D eigenvalue weighted by Gasteiger charge is -2.31. The van der Waals surface area contributed by atoms with E-state index in [0.29, 0.717) is 25.2 Å².